The number of rotatable bonds is 5. The maximum Gasteiger partial charge on any atom is 0.243 e. The molecule has 4 nitrogen and oxygen atoms in total. The van der Waals surface area contributed by atoms with Gasteiger partial charge in [0.2, 0.25) is 10.0 Å². The Hall–Kier alpha value is -0.690. The highest BCUT2D eigenvalue weighted by Crippen LogP contribution is 2.19. The summed E-state index contributed by atoms with van der Waals surface area (Å²) in [6.45, 7) is 1.27. The van der Waals surface area contributed by atoms with Gasteiger partial charge in [-0.15, -0.1) is 0 Å². The van der Waals surface area contributed by atoms with Gasteiger partial charge in [0, 0.05) is 17.6 Å². The number of hydrogen-bond donors (Lipinski definition) is 2. The summed E-state index contributed by atoms with van der Waals surface area (Å²) in [6.07, 6.45) is 2.87. The monoisotopic (exact) mass is 306 g/mol. The Kier molecular flexibility index (Phi) is 4.78. The fourth-order valence-corrected chi connectivity index (χ4v) is 3.41. The first-order valence-electron chi connectivity index (χ1n) is 6.17. The zero-order valence-corrected chi connectivity index (χ0v) is 11.9. The van der Waals surface area contributed by atoms with Gasteiger partial charge in [0.1, 0.15) is 10.7 Å². The zero-order chi connectivity index (χ0) is 13.9. The van der Waals surface area contributed by atoms with E-state index in [1.807, 2.05) is 0 Å². The average Bonchev–Trinajstić information content (AvgIpc) is 2.81. The summed E-state index contributed by atoms with van der Waals surface area (Å²) in [6, 6.07) is 3.87. The minimum Gasteiger partial charge on any atom is -0.314 e. The van der Waals surface area contributed by atoms with Crippen LogP contribution in [0.3, 0.4) is 0 Å². The van der Waals surface area contributed by atoms with Crippen LogP contribution in [0.2, 0.25) is 5.02 Å². The lowest BCUT2D eigenvalue weighted by Gasteiger charge is -2.11. The largest absolute Gasteiger partial charge is 0.314 e. The van der Waals surface area contributed by atoms with Crippen molar-refractivity contribution in [1.82, 2.24) is 10.0 Å². The van der Waals surface area contributed by atoms with E-state index in [0.29, 0.717) is 19.0 Å². The normalized spacial score (nSPS) is 19.8. The number of benzene rings is 1. The van der Waals surface area contributed by atoms with Crippen LogP contribution in [0.1, 0.15) is 19.3 Å². The molecule has 106 valence electrons. The molecule has 0 spiro atoms. The van der Waals surface area contributed by atoms with Gasteiger partial charge in [0.25, 0.3) is 0 Å². The van der Waals surface area contributed by atoms with Crippen molar-refractivity contribution in [3.63, 3.8) is 0 Å². The molecule has 1 saturated heterocycles. The minimum absolute atomic E-state index is 0.173. The molecule has 1 aromatic rings. The molecule has 0 radical (unpaired) electrons. The fourth-order valence-electron chi connectivity index (χ4n) is 2.14. The van der Waals surface area contributed by atoms with Crippen LogP contribution in [0.25, 0.3) is 0 Å². The maximum atomic E-state index is 13.6. The Morgan fingerprint density at radius 1 is 1.47 bits per heavy atom. The summed E-state index contributed by atoms with van der Waals surface area (Å²) in [5.74, 6) is -0.834. The Labute approximate surface area is 117 Å². The third kappa shape index (κ3) is 3.89. The standard InChI is InChI=1S/C12H16ClFN2O2S/c13-9-3-4-12(11(14)8-9)19(17,18)16-7-5-10-2-1-6-15-10/h3-4,8,10,15-16H,1-2,5-7H2/t10-/m1/s1. The summed E-state index contributed by atoms with van der Waals surface area (Å²) in [4.78, 5) is -0.365. The second-order valence-electron chi connectivity index (χ2n) is 4.55. The molecule has 1 aliphatic heterocycles. The molecule has 0 aromatic heterocycles. The first-order valence-corrected chi connectivity index (χ1v) is 8.03. The number of halogens is 2. The van der Waals surface area contributed by atoms with Crippen molar-refractivity contribution >= 4 is 21.6 Å². The van der Waals surface area contributed by atoms with E-state index >= 15 is 0 Å². The summed E-state index contributed by atoms with van der Waals surface area (Å²) in [5.41, 5.74) is 0. The Morgan fingerprint density at radius 3 is 2.89 bits per heavy atom. The predicted octanol–water partition coefficient (Wildman–Crippen LogP) is 1.90. The predicted molar refractivity (Wildman–Crippen MR) is 72.2 cm³/mol. The van der Waals surface area contributed by atoms with Crippen molar-refractivity contribution in [1.29, 1.82) is 0 Å². The van der Waals surface area contributed by atoms with Crippen LogP contribution >= 0.6 is 11.6 Å². The highest BCUT2D eigenvalue weighted by Gasteiger charge is 2.20. The first kappa shape index (κ1) is 14.7. The lowest BCUT2D eigenvalue weighted by atomic mass is 10.2. The highest BCUT2D eigenvalue weighted by molar-refractivity contribution is 7.89. The van der Waals surface area contributed by atoms with Gasteiger partial charge in [-0.1, -0.05) is 11.6 Å². The van der Waals surface area contributed by atoms with Crippen molar-refractivity contribution in [2.45, 2.75) is 30.2 Å². The van der Waals surface area contributed by atoms with E-state index in [1.165, 1.54) is 12.1 Å². The molecular weight excluding hydrogens is 291 g/mol. The molecule has 0 aliphatic carbocycles. The number of hydrogen-bond acceptors (Lipinski definition) is 3. The van der Waals surface area contributed by atoms with Gasteiger partial charge >= 0.3 is 0 Å². The molecule has 0 saturated carbocycles. The highest BCUT2D eigenvalue weighted by atomic mass is 35.5. The van der Waals surface area contributed by atoms with Crippen LogP contribution in [-0.2, 0) is 10.0 Å². The molecular formula is C12H16ClFN2O2S. The van der Waals surface area contributed by atoms with Gasteiger partial charge in [0.05, 0.1) is 0 Å². The van der Waals surface area contributed by atoms with Crippen molar-refractivity contribution in [2.75, 3.05) is 13.1 Å². The maximum absolute atomic E-state index is 13.6. The second-order valence-corrected chi connectivity index (χ2v) is 6.73. The topological polar surface area (TPSA) is 58.2 Å². The van der Waals surface area contributed by atoms with Gasteiger partial charge < -0.3 is 5.32 Å². The summed E-state index contributed by atoms with van der Waals surface area (Å²) in [5, 5.41) is 3.45. The van der Waals surface area contributed by atoms with E-state index in [9.17, 15) is 12.8 Å². The van der Waals surface area contributed by atoms with Gasteiger partial charge in [-0.3, -0.25) is 0 Å². The molecule has 2 rings (SSSR count). The molecule has 1 aromatic carbocycles. The molecule has 2 N–H and O–H groups in total. The smallest absolute Gasteiger partial charge is 0.243 e. The van der Waals surface area contributed by atoms with Gasteiger partial charge in [-0.25, -0.2) is 17.5 Å². The Bertz CT molecular complexity index is 545. The van der Waals surface area contributed by atoms with Crippen LogP contribution in [0.4, 0.5) is 4.39 Å². The fraction of sp³-hybridized carbons (Fsp3) is 0.500. The van der Waals surface area contributed by atoms with E-state index in [1.54, 1.807) is 0 Å². The molecule has 0 amide bonds. The number of nitrogens with one attached hydrogen (secondary N) is 2. The van der Waals surface area contributed by atoms with E-state index in [-0.39, 0.29) is 9.92 Å². The van der Waals surface area contributed by atoms with Gasteiger partial charge in [0.15, 0.2) is 0 Å². The lowest BCUT2D eigenvalue weighted by molar-refractivity contribution is 0.532. The summed E-state index contributed by atoms with van der Waals surface area (Å²) >= 11 is 5.59. The number of sulfonamides is 1. The Balaban J connectivity index is 1.97. The third-order valence-corrected chi connectivity index (χ3v) is 4.86. The van der Waals surface area contributed by atoms with E-state index < -0.39 is 15.8 Å². The van der Waals surface area contributed by atoms with Crippen molar-refractivity contribution in [2.24, 2.45) is 0 Å². The SMILES string of the molecule is O=S(=O)(NCC[C@H]1CCCN1)c1ccc(Cl)cc1F. The lowest BCUT2D eigenvalue weighted by Crippen LogP contribution is -2.31. The van der Waals surface area contributed by atoms with Crippen molar-refractivity contribution < 1.29 is 12.8 Å². The summed E-state index contributed by atoms with van der Waals surface area (Å²) < 4.78 is 39.8. The van der Waals surface area contributed by atoms with Crippen molar-refractivity contribution in [3.8, 4) is 0 Å². The molecule has 1 fully saturated rings. The first-order chi connectivity index (χ1) is 8.99. The van der Waals surface area contributed by atoms with Crippen LogP contribution in [-0.4, -0.2) is 27.5 Å². The molecule has 1 heterocycles. The molecule has 0 unspecified atom stereocenters. The van der Waals surface area contributed by atoms with Crippen molar-refractivity contribution in [3.05, 3.63) is 29.0 Å². The van der Waals surface area contributed by atoms with Crippen LogP contribution in [0.15, 0.2) is 23.1 Å². The van der Waals surface area contributed by atoms with Crippen LogP contribution in [0.5, 0.6) is 0 Å². The summed E-state index contributed by atoms with van der Waals surface area (Å²) in [7, 11) is -3.81. The minimum atomic E-state index is -3.81. The van der Waals surface area contributed by atoms with E-state index in [2.05, 4.69) is 10.0 Å². The average molecular weight is 307 g/mol. The second kappa shape index (κ2) is 6.17. The molecule has 19 heavy (non-hydrogen) atoms. The Morgan fingerprint density at radius 2 is 2.26 bits per heavy atom. The molecule has 1 aliphatic rings. The molecule has 0 bridgehead atoms. The van der Waals surface area contributed by atoms with E-state index in [4.69, 9.17) is 11.6 Å². The van der Waals surface area contributed by atoms with Crippen LogP contribution < -0.4 is 10.0 Å². The van der Waals surface area contributed by atoms with Gasteiger partial charge in [-0.2, -0.15) is 0 Å². The molecule has 1 atom stereocenters. The third-order valence-electron chi connectivity index (χ3n) is 3.13. The van der Waals surface area contributed by atoms with Crippen LogP contribution in [0, 0.1) is 5.82 Å². The van der Waals surface area contributed by atoms with E-state index in [0.717, 1.165) is 25.5 Å². The molecule has 7 heteroatoms. The van der Waals surface area contributed by atoms with Gasteiger partial charge in [-0.05, 0) is 44.0 Å². The zero-order valence-electron chi connectivity index (χ0n) is 10.3. The quantitative estimate of drug-likeness (QED) is 0.873.